The van der Waals surface area contributed by atoms with E-state index in [1.54, 1.807) is 48.2 Å². The summed E-state index contributed by atoms with van der Waals surface area (Å²) in [5, 5.41) is 11.5. The fourth-order valence-corrected chi connectivity index (χ4v) is 2.68. The summed E-state index contributed by atoms with van der Waals surface area (Å²) in [7, 11) is 0. The molecule has 0 saturated heterocycles. The molecule has 0 aromatic heterocycles. The number of halogens is 1. The zero-order chi connectivity index (χ0) is 15.8. The Morgan fingerprint density at radius 2 is 1.91 bits per heavy atom. The van der Waals surface area contributed by atoms with Gasteiger partial charge in [0.25, 0.3) is 5.91 Å². The van der Waals surface area contributed by atoms with Crippen molar-refractivity contribution in [2.24, 2.45) is 0 Å². The highest BCUT2D eigenvalue weighted by Gasteiger charge is 2.05. The molecular weight excluding hydrogens is 299 g/mol. The van der Waals surface area contributed by atoms with Crippen molar-refractivity contribution in [3.05, 3.63) is 71.0 Å². The molecule has 0 atom stereocenters. The van der Waals surface area contributed by atoms with Crippen molar-refractivity contribution in [3.63, 3.8) is 0 Å². The lowest BCUT2D eigenvalue weighted by atomic mass is 10.1. The maximum Gasteiger partial charge on any atom is 0.251 e. The largest absolute Gasteiger partial charge is 0.351 e. The van der Waals surface area contributed by atoms with E-state index >= 15 is 0 Å². The van der Waals surface area contributed by atoms with Crippen LogP contribution in [0, 0.1) is 17.1 Å². The Labute approximate surface area is 133 Å². The molecular formula is C17H15FN2OS. The van der Waals surface area contributed by atoms with Crippen LogP contribution in [0.15, 0.2) is 48.5 Å². The van der Waals surface area contributed by atoms with Gasteiger partial charge in [-0.1, -0.05) is 18.2 Å². The van der Waals surface area contributed by atoms with E-state index in [2.05, 4.69) is 5.32 Å². The van der Waals surface area contributed by atoms with Crippen LogP contribution in [0.25, 0.3) is 0 Å². The van der Waals surface area contributed by atoms with E-state index < -0.39 is 0 Å². The number of rotatable bonds is 6. The normalized spacial score (nSPS) is 10.0. The van der Waals surface area contributed by atoms with Crippen LogP contribution in [-0.2, 0) is 5.75 Å². The molecule has 2 aromatic rings. The second-order valence-electron chi connectivity index (χ2n) is 4.59. The minimum Gasteiger partial charge on any atom is -0.351 e. The molecule has 0 bridgehead atoms. The second-order valence-corrected chi connectivity index (χ2v) is 5.69. The summed E-state index contributed by atoms with van der Waals surface area (Å²) in [5.41, 5.74) is 1.72. The summed E-state index contributed by atoms with van der Waals surface area (Å²) in [6, 6.07) is 15.2. The molecule has 2 aromatic carbocycles. The molecule has 0 spiro atoms. The van der Waals surface area contributed by atoms with Crippen molar-refractivity contribution in [2.45, 2.75) is 5.75 Å². The van der Waals surface area contributed by atoms with Crippen LogP contribution in [0.2, 0.25) is 0 Å². The van der Waals surface area contributed by atoms with E-state index in [1.807, 2.05) is 12.1 Å². The molecule has 0 unspecified atom stereocenters. The zero-order valence-corrected chi connectivity index (χ0v) is 12.7. The molecule has 112 valence electrons. The molecule has 0 aliphatic carbocycles. The first kappa shape index (κ1) is 16.1. The molecule has 0 radical (unpaired) electrons. The molecule has 1 N–H and O–H groups in total. The molecule has 3 nitrogen and oxygen atoms in total. The standard InChI is InChI=1S/C17H15FN2OS/c18-16-4-2-1-3-15(16)12-22-10-9-20-17(21)14-7-5-13(11-19)6-8-14/h1-8H,9-10,12H2,(H,20,21). The van der Waals surface area contributed by atoms with E-state index in [-0.39, 0.29) is 11.7 Å². The van der Waals surface area contributed by atoms with E-state index in [1.165, 1.54) is 6.07 Å². The van der Waals surface area contributed by atoms with Gasteiger partial charge in [-0.3, -0.25) is 4.79 Å². The first-order valence-corrected chi connectivity index (χ1v) is 7.95. The van der Waals surface area contributed by atoms with Gasteiger partial charge in [0.05, 0.1) is 11.6 Å². The van der Waals surface area contributed by atoms with Gasteiger partial charge in [-0.05, 0) is 35.9 Å². The first-order chi connectivity index (χ1) is 10.7. The van der Waals surface area contributed by atoms with Crippen LogP contribution in [-0.4, -0.2) is 18.2 Å². The van der Waals surface area contributed by atoms with Crippen molar-refractivity contribution < 1.29 is 9.18 Å². The highest BCUT2D eigenvalue weighted by atomic mass is 32.2. The van der Waals surface area contributed by atoms with E-state index in [0.29, 0.717) is 34.7 Å². The second kappa shape index (κ2) is 8.20. The monoisotopic (exact) mass is 314 g/mol. The third-order valence-corrected chi connectivity index (χ3v) is 4.03. The molecule has 5 heteroatoms. The predicted molar refractivity (Wildman–Crippen MR) is 86.1 cm³/mol. The topological polar surface area (TPSA) is 52.9 Å². The van der Waals surface area contributed by atoms with Crippen molar-refractivity contribution in [2.75, 3.05) is 12.3 Å². The highest BCUT2D eigenvalue weighted by Crippen LogP contribution is 2.14. The summed E-state index contributed by atoms with van der Waals surface area (Å²) in [6.45, 7) is 0.512. The van der Waals surface area contributed by atoms with Crippen molar-refractivity contribution in [1.29, 1.82) is 5.26 Å². The number of hydrogen-bond donors (Lipinski definition) is 1. The minimum absolute atomic E-state index is 0.170. The number of thioether (sulfide) groups is 1. The summed E-state index contributed by atoms with van der Waals surface area (Å²) in [5.74, 6) is 0.920. The first-order valence-electron chi connectivity index (χ1n) is 6.80. The smallest absolute Gasteiger partial charge is 0.251 e. The van der Waals surface area contributed by atoms with Gasteiger partial charge in [0.1, 0.15) is 5.82 Å². The molecule has 0 heterocycles. The minimum atomic E-state index is -0.198. The number of nitriles is 1. The number of nitrogens with one attached hydrogen (secondary N) is 1. The predicted octanol–water partition coefficient (Wildman–Crippen LogP) is 3.36. The highest BCUT2D eigenvalue weighted by molar-refractivity contribution is 7.98. The average Bonchev–Trinajstić information content (AvgIpc) is 2.56. The van der Waals surface area contributed by atoms with Gasteiger partial charge in [0.15, 0.2) is 0 Å². The lowest BCUT2D eigenvalue weighted by molar-refractivity contribution is 0.0956. The Hall–Kier alpha value is -2.32. The fourth-order valence-electron chi connectivity index (χ4n) is 1.83. The molecule has 22 heavy (non-hydrogen) atoms. The van der Waals surface area contributed by atoms with E-state index in [9.17, 15) is 9.18 Å². The number of nitrogens with zero attached hydrogens (tertiary/aromatic N) is 1. The number of amides is 1. The van der Waals surface area contributed by atoms with Gasteiger partial charge < -0.3 is 5.32 Å². The number of hydrogen-bond acceptors (Lipinski definition) is 3. The lowest BCUT2D eigenvalue weighted by Crippen LogP contribution is -2.25. The number of carbonyl (C=O) groups excluding carboxylic acids is 1. The van der Waals surface area contributed by atoms with Gasteiger partial charge >= 0.3 is 0 Å². The van der Waals surface area contributed by atoms with Crippen LogP contribution < -0.4 is 5.32 Å². The lowest BCUT2D eigenvalue weighted by Gasteiger charge is -2.06. The Morgan fingerprint density at radius 3 is 2.59 bits per heavy atom. The molecule has 1 amide bonds. The Bertz CT molecular complexity index is 680. The van der Waals surface area contributed by atoms with E-state index in [0.717, 1.165) is 0 Å². The van der Waals surface area contributed by atoms with Crippen LogP contribution >= 0.6 is 11.8 Å². The molecule has 2 rings (SSSR count). The van der Waals surface area contributed by atoms with E-state index in [4.69, 9.17) is 5.26 Å². The fraction of sp³-hybridized carbons (Fsp3) is 0.176. The molecule has 0 saturated carbocycles. The number of benzene rings is 2. The Kier molecular flexibility index (Phi) is 5.99. The molecule has 0 aliphatic rings. The van der Waals surface area contributed by atoms with Crippen LogP contribution in [0.4, 0.5) is 4.39 Å². The third kappa shape index (κ3) is 4.61. The van der Waals surface area contributed by atoms with Crippen molar-refractivity contribution >= 4 is 17.7 Å². The molecule has 0 fully saturated rings. The van der Waals surface area contributed by atoms with Crippen LogP contribution in [0.1, 0.15) is 21.5 Å². The molecule has 0 aliphatic heterocycles. The maximum absolute atomic E-state index is 13.4. The van der Waals surface area contributed by atoms with Gasteiger partial charge in [-0.25, -0.2) is 4.39 Å². The summed E-state index contributed by atoms with van der Waals surface area (Å²) in [6.07, 6.45) is 0. The SMILES string of the molecule is N#Cc1ccc(C(=O)NCCSCc2ccccc2F)cc1. The third-order valence-electron chi connectivity index (χ3n) is 3.02. The summed E-state index contributed by atoms with van der Waals surface area (Å²) in [4.78, 5) is 11.9. The van der Waals surface area contributed by atoms with Gasteiger partial charge in [0, 0.05) is 23.6 Å². The van der Waals surface area contributed by atoms with Crippen LogP contribution in [0.3, 0.4) is 0 Å². The maximum atomic E-state index is 13.4. The van der Waals surface area contributed by atoms with Crippen molar-refractivity contribution in [1.82, 2.24) is 5.32 Å². The zero-order valence-electron chi connectivity index (χ0n) is 11.9. The van der Waals surface area contributed by atoms with Gasteiger partial charge in [0.2, 0.25) is 0 Å². The van der Waals surface area contributed by atoms with Gasteiger partial charge in [-0.15, -0.1) is 0 Å². The van der Waals surface area contributed by atoms with Crippen molar-refractivity contribution in [3.8, 4) is 6.07 Å². The Balaban J connectivity index is 1.71. The average molecular weight is 314 g/mol. The summed E-state index contributed by atoms with van der Waals surface area (Å²) >= 11 is 1.57. The Morgan fingerprint density at radius 1 is 1.18 bits per heavy atom. The quantitative estimate of drug-likeness (QED) is 0.832. The number of carbonyl (C=O) groups is 1. The summed E-state index contributed by atoms with van der Waals surface area (Å²) < 4.78 is 13.4. The van der Waals surface area contributed by atoms with Crippen LogP contribution in [0.5, 0.6) is 0 Å². The van der Waals surface area contributed by atoms with Gasteiger partial charge in [-0.2, -0.15) is 17.0 Å².